The van der Waals surface area contributed by atoms with E-state index in [-0.39, 0.29) is 6.54 Å². The summed E-state index contributed by atoms with van der Waals surface area (Å²) in [7, 11) is 0. The number of rotatable bonds is 2. The summed E-state index contributed by atoms with van der Waals surface area (Å²) < 4.78 is 0. The Morgan fingerprint density at radius 1 is 1.82 bits per heavy atom. The highest BCUT2D eigenvalue weighted by Crippen LogP contribution is 1.96. The lowest BCUT2D eigenvalue weighted by molar-refractivity contribution is -0.138. The maximum atomic E-state index is 10.3. The minimum atomic E-state index is -0.737. The second-order valence-electron chi connectivity index (χ2n) is 2.98. The van der Waals surface area contributed by atoms with Crippen molar-refractivity contribution in [3.05, 3.63) is 0 Å². The Balaban J connectivity index is 2.28. The predicted octanol–water partition coefficient (Wildman–Crippen LogP) is -0.635. The van der Waals surface area contributed by atoms with Crippen LogP contribution in [0.3, 0.4) is 0 Å². The van der Waals surface area contributed by atoms with Crippen LogP contribution in [0.1, 0.15) is 6.92 Å². The van der Waals surface area contributed by atoms with Crippen LogP contribution in [0.25, 0.3) is 0 Å². The third-order valence-corrected chi connectivity index (χ3v) is 1.81. The normalized spacial score (nSPS) is 26.8. The minimum Gasteiger partial charge on any atom is -0.480 e. The lowest BCUT2D eigenvalue weighted by Crippen LogP contribution is -2.50. The van der Waals surface area contributed by atoms with E-state index in [4.69, 9.17) is 5.11 Å². The molecule has 1 heterocycles. The molecule has 1 saturated heterocycles. The van der Waals surface area contributed by atoms with Crippen molar-refractivity contribution in [3.63, 3.8) is 0 Å². The van der Waals surface area contributed by atoms with Gasteiger partial charge in [0, 0.05) is 25.7 Å². The van der Waals surface area contributed by atoms with Crippen LogP contribution in [-0.2, 0) is 4.79 Å². The maximum Gasteiger partial charge on any atom is 0.317 e. The highest BCUT2D eigenvalue weighted by atomic mass is 16.4. The van der Waals surface area contributed by atoms with E-state index in [0.717, 1.165) is 19.6 Å². The van der Waals surface area contributed by atoms with E-state index in [1.165, 1.54) is 0 Å². The lowest BCUT2D eigenvalue weighted by atomic mass is 10.2. The molecule has 1 fully saturated rings. The monoisotopic (exact) mass is 158 g/mol. The number of aliphatic carboxylic acids is 1. The van der Waals surface area contributed by atoms with Gasteiger partial charge in [0.05, 0.1) is 6.54 Å². The summed E-state index contributed by atoms with van der Waals surface area (Å²) >= 11 is 0. The van der Waals surface area contributed by atoms with Crippen molar-refractivity contribution in [2.45, 2.75) is 13.0 Å². The molecule has 1 aliphatic rings. The molecule has 0 unspecified atom stereocenters. The number of hydrogen-bond donors (Lipinski definition) is 2. The number of carboxylic acids is 1. The lowest BCUT2D eigenvalue weighted by Gasteiger charge is -2.30. The van der Waals surface area contributed by atoms with Gasteiger partial charge in [-0.15, -0.1) is 0 Å². The molecule has 0 spiro atoms. The molecule has 0 aromatic rings. The summed E-state index contributed by atoms with van der Waals surface area (Å²) in [6.45, 7) is 4.82. The first kappa shape index (κ1) is 8.49. The van der Waals surface area contributed by atoms with Crippen molar-refractivity contribution in [2.24, 2.45) is 0 Å². The van der Waals surface area contributed by atoms with Crippen LogP contribution >= 0.6 is 0 Å². The van der Waals surface area contributed by atoms with Crippen LogP contribution in [-0.4, -0.2) is 48.2 Å². The second-order valence-corrected chi connectivity index (χ2v) is 2.98. The fourth-order valence-electron chi connectivity index (χ4n) is 1.35. The average molecular weight is 158 g/mol. The van der Waals surface area contributed by atoms with Gasteiger partial charge in [0.1, 0.15) is 0 Å². The Morgan fingerprint density at radius 3 is 3.09 bits per heavy atom. The van der Waals surface area contributed by atoms with Gasteiger partial charge in [-0.05, 0) is 6.92 Å². The van der Waals surface area contributed by atoms with Crippen LogP contribution in [0.4, 0.5) is 0 Å². The van der Waals surface area contributed by atoms with Crippen LogP contribution in [0.5, 0.6) is 0 Å². The summed E-state index contributed by atoms with van der Waals surface area (Å²) in [6.07, 6.45) is 0. The Bertz CT molecular complexity index is 149. The molecule has 0 saturated carbocycles. The quantitative estimate of drug-likeness (QED) is 0.561. The maximum absolute atomic E-state index is 10.3. The molecular formula is C7H14N2O2. The van der Waals surface area contributed by atoms with Crippen molar-refractivity contribution in [1.82, 2.24) is 10.2 Å². The Hall–Kier alpha value is -0.610. The van der Waals surface area contributed by atoms with E-state index in [2.05, 4.69) is 12.2 Å². The van der Waals surface area contributed by atoms with Crippen molar-refractivity contribution in [2.75, 3.05) is 26.2 Å². The fraction of sp³-hybridized carbons (Fsp3) is 0.857. The van der Waals surface area contributed by atoms with Gasteiger partial charge in [0.2, 0.25) is 0 Å². The number of carboxylic acid groups (broad SMARTS) is 1. The molecule has 0 aromatic carbocycles. The SMILES string of the molecule is C[C@@H]1CN(CC(=O)O)CCN1. The van der Waals surface area contributed by atoms with Gasteiger partial charge in [0.25, 0.3) is 0 Å². The van der Waals surface area contributed by atoms with E-state index in [1.54, 1.807) is 0 Å². The molecule has 64 valence electrons. The third-order valence-electron chi connectivity index (χ3n) is 1.81. The van der Waals surface area contributed by atoms with E-state index >= 15 is 0 Å². The summed E-state index contributed by atoms with van der Waals surface area (Å²) in [6, 6.07) is 0.420. The molecule has 11 heavy (non-hydrogen) atoms. The highest BCUT2D eigenvalue weighted by Gasteiger charge is 2.16. The fourth-order valence-corrected chi connectivity index (χ4v) is 1.35. The second kappa shape index (κ2) is 3.69. The molecule has 4 heteroatoms. The molecule has 1 atom stereocenters. The van der Waals surface area contributed by atoms with Gasteiger partial charge in [0.15, 0.2) is 0 Å². The van der Waals surface area contributed by atoms with Gasteiger partial charge < -0.3 is 10.4 Å². The summed E-state index contributed by atoms with van der Waals surface area (Å²) in [4.78, 5) is 12.3. The van der Waals surface area contributed by atoms with Crippen molar-refractivity contribution < 1.29 is 9.90 Å². The molecule has 0 aromatic heterocycles. The molecule has 1 rings (SSSR count). The van der Waals surface area contributed by atoms with Gasteiger partial charge in [-0.25, -0.2) is 0 Å². The number of nitrogens with zero attached hydrogens (tertiary/aromatic N) is 1. The molecule has 2 N–H and O–H groups in total. The van der Waals surface area contributed by atoms with Gasteiger partial charge >= 0.3 is 5.97 Å². The largest absolute Gasteiger partial charge is 0.480 e. The van der Waals surface area contributed by atoms with Crippen LogP contribution in [0, 0.1) is 0 Å². The Morgan fingerprint density at radius 2 is 2.55 bits per heavy atom. The topological polar surface area (TPSA) is 52.6 Å². The number of nitrogens with one attached hydrogen (secondary N) is 1. The Kier molecular flexibility index (Phi) is 2.84. The molecule has 0 bridgehead atoms. The van der Waals surface area contributed by atoms with Gasteiger partial charge in [-0.2, -0.15) is 0 Å². The molecule has 0 aliphatic carbocycles. The summed E-state index contributed by atoms with van der Waals surface area (Å²) in [5.74, 6) is -0.737. The zero-order valence-corrected chi connectivity index (χ0v) is 6.71. The molecule has 1 aliphatic heterocycles. The molecule has 4 nitrogen and oxygen atoms in total. The zero-order chi connectivity index (χ0) is 8.27. The molecule has 0 amide bonds. The summed E-state index contributed by atoms with van der Waals surface area (Å²) in [5, 5.41) is 11.7. The average Bonchev–Trinajstić information content (AvgIpc) is 1.85. The smallest absolute Gasteiger partial charge is 0.317 e. The first-order valence-corrected chi connectivity index (χ1v) is 3.86. The van der Waals surface area contributed by atoms with Crippen molar-refractivity contribution in [3.8, 4) is 0 Å². The highest BCUT2D eigenvalue weighted by molar-refractivity contribution is 5.69. The number of hydrogen-bond acceptors (Lipinski definition) is 3. The zero-order valence-electron chi connectivity index (χ0n) is 6.71. The van der Waals surface area contributed by atoms with E-state index in [0.29, 0.717) is 6.04 Å². The third kappa shape index (κ3) is 2.86. The van der Waals surface area contributed by atoms with Crippen LogP contribution < -0.4 is 5.32 Å². The summed E-state index contributed by atoms with van der Waals surface area (Å²) in [5.41, 5.74) is 0. The van der Waals surface area contributed by atoms with Crippen LogP contribution in [0.15, 0.2) is 0 Å². The number of piperazine rings is 1. The standard InChI is InChI=1S/C7H14N2O2/c1-6-4-9(3-2-8-6)5-7(10)11/h6,8H,2-5H2,1H3,(H,10,11)/t6-/m1/s1. The van der Waals surface area contributed by atoms with Crippen LogP contribution in [0.2, 0.25) is 0 Å². The van der Waals surface area contributed by atoms with E-state index in [9.17, 15) is 4.79 Å². The minimum absolute atomic E-state index is 0.173. The molecular weight excluding hydrogens is 144 g/mol. The first-order valence-electron chi connectivity index (χ1n) is 3.86. The van der Waals surface area contributed by atoms with Crippen molar-refractivity contribution in [1.29, 1.82) is 0 Å². The van der Waals surface area contributed by atoms with Gasteiger partial charge in [-0.3, -0.25) is 9.69 Å². The van der Waals surface area contributed by atoms with E-state index < -0.39 is 5.97 Å². The number of carbonyl (C=O) groups is 1. The van der Waals surface area contributed by atoms with E-state index in [1.807, 2.05) is 4.90 Å². The van der Waals surface area contributed by atoms with Gasteiger partial charge in [-0.1, -0.05) is 0 Å². The predicted molar refractivity (Wildman–Crippen MR) is 41.5 cm³/mol. The van der Waals surface area contributed by atoms with Crippen molar-refractivity contribution >= 4 is 5.97 Å². The Labute approximate surface area is 66.2 Å². The first-order chi connectivity index (χ1) is 5.18. The molecule has 0 radical (unpaired) electrons.